The van der Waals surface area contributed by atoms with Gasteiger partial charge in [0.05, 0.1) is 13.0 Å². The second-order valence-electron chi connectivity index (χ2n) is 6.74. The number of aliphatic hydroxyl groups is 1. The van der Waals surface area contributed by atoms with Crippen LogP contribution in [0.5, 0.6) is 0 Å². The second-order valence-corrected chi connectivity index (χ2v) is 6.74. The average Bonchev–Trinajstić information content (AvgIpc) is 2.99. The summed E-state index contributed by atoms with van der Waals surface area (Å²) in [4.78, 5) is 10.7. The fraction of sp³-hybridized carbons (Fsp3) is 0.941. The summed E-state index contributed by atoms with van der Waals surface area (Å²) in [6.45, 7) is 6.79. The average molecular weight is 300 g/mol. The van der Waals surface area contributed by atoms with Crippen LogP contribution >= 0.6 is 0 Å². The number of methoxy groups -OCH3 is 1. The van der Waals surface area contributed by atoms with Crippen LogP contribution in [0.3, 0.4) is 0 Å². The standard InChI is InChI=1S/C7H12O2.C6H12O.C4H8O/c1-5-3-6(4-5)7(8)9-2;1-5-2-6(3-5)4-7;1-2-4-5-3-1/h5-6H,3-4H2,1-2H3;5-7H,2-4H2,1H3;1-4H2. The molecule has 0 amide bonds. The first-order chi connectivity index (χ1) is 10.1. The minimum absolute atomic E-state index is 0.0342. The molecule has 0 bridgehead atoms. The zero-order chi connectivity index (χ0) is 15.7. The smallest absolute Gasteiger partial charge is 0.308 e. The fourth-order valence-electron chi connectivity index (χ4n) is 2.99. The van der Waals surface area contributed by atoms with Crippen molar-refractivity contribution in [3.8, 4) is 0 Å². The van der Waals surface area contributed by atoms with Crippen LogP contribution in [0.25, 0.3) is 0 Å². The van der Waals surface area contributed by atoms with Gasteiger partial charge in [0.2, 0.25) is 0 Å². The molecule has 0 atom stereocenters. The van der Waals surface area contributed by atoms with E-state index in [9.17, 15) is 4.79 Å². The minimum Gasteiger partial charge on any atom is -0.469 e. The van der Waals surface area contributed by atoms with Gasteiger partial charge < -0.3 is 14.6 Å². The third-order valence-electron chi connectivity index (χ3n) is 4.47. The van der Waals surface area contributed by atoms with E-state index in [2.05, 4.69) is 18.6 Å². The van der Waals surface area contributed by atoms with Crippen LogP contribution in [-0.4, -0.2) is 38.0 Å². The number of carbonyl (C=O) groups is 1. The summed E-state index contributed by atoms with van der Waals surface area (Å²) in [6, 6.07) is 0. The van der Waals surface area contributed by atoms with Crippen LogP contribution in [0.15, 0.2) is 0 Å². The van der Waals surface area contributed by atoms with Crippen molar-refractivity contribution in [1.29, 1.82) is 0 Å². The van der Waals surface area contributed by atoms with E-state index >= 15 is 0 Å². The minimum atomic E-state index is -0.0342. The molecule has 1 heterocycles. The number of rotatable bonds is 2. The number of hydrogen-bond acceptors (Lipinski definition) is 4. The van der Waals surface area contributed by atoms with Crippen molar-refractivity contribution in [2.45, 2.75) is 52.4 Å². The summed E-state index contributed by atoms with van der Waals surface area (Å²) in [5.41, 5.74) is 0. The molecule has 4 heteroatoms. The molecule has 0 aromatic rings. The third-order valence-corrected chi connectivity index (χ3v) is 4.47. The highest BCUT2D eigenvalue weighted by Crippen LogP contribution is 2.33. The molecule has 0 aromatic carbocycles. The van der Waals surface area contributed by atoms with Gasteiger partial charge in [0, 0.05) is 19.8 Å². The van der Waals surface area contributed by atoms with Crippen molar-refractivity contribution in [2.24, 2.45) is 23.7 Å². The number of ether oxygens (including phenoxy) is 2. The first kappa shape index (κ1) is 18.4. The van der Waals surface area contributed by atoms with Gasteiger partial charge in [-0.2, -0.15) is 0 Å². The molecule has 21 heavy (non-hydrogen) atoms. The second kappa shape index (κ2) is 10.2. The van der Waals surface area contributed by atoms with Crippen LogP contribution in [0.2, 0.25) is 0 Å². The van der Waals surface area contributed by atoms with E-state index in [1.165, 1.54) is 32.8 Å². The Balaban J connectivity index is 0.000000164. The summed E-state index contributed by atoms with van der Waals surface area (Å²) < 4.78 is 9.51. The zero-order valence-electron chi connectivity index (χ0n) is 13.8. The lowest BCUT2D eigenvalue weighted by Crippen LogP contribution is -2.29. The van der Waals surface area contributed by atoms with Gasteiger partial charge in [0.15, 0.2) is 0 Å². The molecule has 0 aromatic heterocycles. The highest BCUT2D eigenvalue weighted by Gasteiger charge is 2.31. The highest BCUT2D eigenvalue weighted by atomic mass is 16.5. The fourth-order valence-corrected chi connectivity index (χ4v) is 2.99. The van der Waals surface area contributed by atoms with E-state index < -0.39 is 0 Å². The number of hydrogen-bond donors (Lipinski definition) is 1. The third kappa shape index (κ3) is 7.28. The van der Waals surface area contributed by atoms with Gasteiger partial charge in [-0.1, -0.05) is 13.8 Å². The number of aliphatic hydroxyl groups excluding tert-OH is 1. The van der Waals surface area contributed by atoms with E-state index in [4.69, 9.17) is 9.84 Å². The van der Waals surface area contributed by atoms with Gasteiger partial charge in [-0.25, -0.2) is 0 Å². The monoisotopic (exact) mass is 300 g/mol. The maximum atomic E-state index is 10.7. The predicted octanol–water partition coefficient (Wildman–Crippen LogP) is 3.03. The molecule has 3 fully saturated rings. The molecule has 124 valence electrons. The van der Waals surface area contributed by atoms with Crippen molar-refractivity contribution < 1.29 is 19.4 Å². The van der Waals surface area contributed by atoms with E-state index in [1.807, 2.05) is 0 Å². The Morgan fingerprint density at radius 2 is 1.62 bits per heavy atom. The summed E-state index contributed by atoms with van der Waals surface area (Å²) >= 11 is 0. The highest BCUT2D eigenvalue weighted by molar-refractivity contribution is 5.73. The van der Waals surface area contributed by atoms with Gasteiger partial charge in [0.25, 0.3) is 0 Å². The molecule has 4 nitrogen and oxygen atoms in total. The Hall–Kier alpha value is -0.610. The molecule has 1 saturated heterocycles. The van der Waals surface area contributed by atoms with Crippen LogP contribution in [0.4, 0.5) is 0 Å². The van der Waals surface area contributed by atoms with E-state index in [0.717, 1.165) is 37.9 Å². The first-order valence-electron chi connectivity index (χ1n) is 8.33. The molecule has 1 N–H and O–H groups in total. The Morgan fingerprint density at radius 1 is 1.10 bits per heavy atom. The Labute approximate surface area is 129 Å². The zero-order valence-corrected chi connectivity index (χ0v) is 13.8. The van der Waals surface area contributed by atoms with Gasteiger partial charge >= 0.3 is 5.97 Å². The molecule has 0 radical (unpaired) electrons. The molecule has 0 unspecified atom stereocenters. The Morgan fingerprint density at radius 3 is 1.86 bits per heavy atom. The molecule has 3 aliphatic rings. The van der Waals surface area contributed by atoms with Crippen LogP contribution in [0, 0.1) is 23.7 Å². The normalized spacial score (nSPS) is 33.3. The lowest BCUT2D eigenvalue weighted by Gasteiger charge is -2.30. The maximum absolute atomic E-state index is 10.7. The van der Waals surface area contributed by atoms with Gasteiger partial charge in [-0.15, -0.1) is 0 Å². The summed E-state index contributed by atoms with van der Waals surface area (Å²) in [5, 5.41) is 8.50. The molecule has 3 rings (SSSR count). The van der Waals surface area contributed by atoms with E-state index in [-0.39, 0.29) is 11.9 Å². The van der Waals surface area contributed by atoms with E-state index in [1.54, 1.807) is 0 Å². The molecule has 1 aliphatic heterocycles. The van der Waals surface area contributed by atoms with E-state index in [0.29, 0.717) is 12.5 Å². The van der Waals surface area contributed by atoms with Crippen molar-refractivity contribution in [3.05, 3.63) is 0 Å². The van der Waals surface area contributed by atoms with Crippen LogP contribution in [0.1, 0.15) is 52.4 Å². The van der Waals surface area contributed by atoms with Gasteiger partial charge in [0.1, 0.15) is 0 Å². The molecule has 0 spiro atoms. The molecular weight excluding hydrogens is 268 g/mol. The van der Waals surface area contributed by atoms with Gasteiger partial charge in [-0.3, -0.25) is 4.79 Å². The van der Waals surface area contributed by atoms with Gasteiger partial charge in [-0.05, 0) is 56.3 Å². The summed E-state index contributed by atoms with van der Waals surface area (Å²) in [5.74, 6) is 2.44. The topological polar surface area (TPSA) is 55.8 Å². The quantitative estimate of drug-likeness (QED) is 0.796. The lowest BCUT2D eigenvalue weighted by atomic mass is 9.76. The molecular formula is C17H32O4. The number of esters is 1. The predicted molar refractivity (Wildman–Crippen MR) is 82.9 cm³/mol. The van der Waals surface area contributed by atoms with Crippen molar-refractivity contribution in [2.75, 3.05) is 26.9 Å². The Bertz CT molecular complexity index is 269. The van der Waals surface area contributed by atoms with Crippen LogP contribution < -0.4 is 0 Å². The molecule has 2 saturated carbocycles. The summed E-state index contributed by atoms with van der Waals surface area (Å²) in [6.07, 6.45) is 7.09. The summed E-state index contributed by atoms with van der Waals surface area (Å²) in [7, 11) is 1.45. The Kier molecular flexibility index (Phi) is 8.93. The first-order valence-corrected chi connectivity index (χ1v) is 8.33. The largest absolute Gasteiger partial charge is 0.469 e. The molecule has 2 aliphatic carbocycles. The van der Waals surface area contributed by atoms with Crippen molar-refractivity contribution in [1.82, 2.24) is 0 Å². The maximum Gasteiger partial charge on any atom is 0.308 e. The van der Waals surface area contributed by atoms with Crippen LogP contribution in [-0.2, 0) is 14.3 Å². The number of carbonyl (C=O) groups excluding carboxylic acids is 1. The van der Waals surface area contributed by atoms with Crippen molar-refractivity contribution in [3.63, 3.8) is 0 Å². The van der Waals surface area contributed by atoms with Crippen molar-refractivity contribution >= 4 is 5.97 Å². The SMILES string of the molecule is C1CCOC1.CC1CC(CO)C1.COC(=O)C1CC(C)C1. The lowest BCUT2D eigenvalue weighted by molar-refractivity contribution is -0.149.